The fourth-order valence-corrected chi connectivity index (χ4v) is 2.21. The third-order valence-electron chi connectivity index (χ3n) is 2.94. The van der Waals surface area contributed by atoms with Crippen molar-refractivity contribution in [3.8, 4) is 5.75 Å². The molecule has 0 aromatic heterocycles. The Balaban J connectivity index is 1.84. The molecule has 17 heavy (non-hydrogen) atoms. The van der Waals surface area contributed by atoms with Gasteiger partial charge in [0.25, 0.3) is 0 Å². The summed E-state index contributed by atoms with van der Waals surface area (Å²) in [6.45, 7) is 1.99. The summed E-state index contributed by atoms with van der Waals surface area (Å²) in [5.74, 6) is 0.804. The SMILES string of the molecule is O=C(CC1CCNCC1)Oc1cccc(Cl)c1. The Morgan fingerprint density at radius 1 is 1.41 bits per heavy atom. The van der Waals surface area contributed by atoms with Crippen LogP contribution < -0.4 is 10.1 Å². The molecular formula is C13H16ClNO2. The molecule has 1 fully saturated rings. The molecule has 1 aliphatic heterocycles. The van der Waals surface area contributed by atoms with Gasteiger partial charge in [0, 0.05) is 11.4 Å². The first kappa shape index (κ1) is 12.4. The van der Waals surface area contributed by atoms with Crippen molar-refractivity contribution >= 4 is 17.6 Å². The number of benzene rings is 1. The zero-order chi connectivity index (χ0) is 12.1. The van der Waals surface area contributed by atoms with Crippen molar-refractivity contribution in [3.05, 3.63) is 29.3 Å². The van der Waals surface area contributed by atoms with Crippen molar-refractivity contribution < 1.29 is 9.53 Å². The largest absolute Gasteiger partial charge is 0.426 e. The molecule has 0 atom stereocenters. The van der Waals surface area contributed by atoms with Gasteiger partial charge < -0.3 is 10.1 Å². The second-order valence-electron chi connectivity index (χ2n) is 4.33. The third-order valence-corrected chi connectivity index (χ3v) is 3.18. The maximum atomic E-state index is 11.7. The Hall–Kier alpha value is -1.06. The van der Waals surface area contributed by atoms with E-state index in [9.17, 15) is 4.79 Å². The lowest BCUT2D eigenvalue weighted by atomic mass is 9.95. The van der Waals surface area contributed by atoms with E-state index in [1.165, 1.54) is 0 Å². The zero-order valence-electron chi connectivity index (χ0n) is 9.62. The van der Waals surface area contributed by atoms with Crippen molar-refractivity contribution in [2.75, 3.05) is 13.1 Å². The summed E-state index contributed by atoms with van der Waals surface area (Å²) in [6.07, 6.45) is 2.59. The Morgan fingerprint density at radius 2 is 2.18 bits per heavy atom. The van der Waals surface area contributed by atoms with E-state index < -0.39 is 0 Å². The smallest absolute Gasteiger partial charge is 0.311 e. The average molecular weight is 254 g/mol. The number of nitrogens with one attached hydrogen (secondary N) is 1. The lowest BCUT2D eigenvalue weighted by molar-refractivity contribution is -0.135. The van der Waals surface area contributed by atoms with Gasteiger partial charge in [-0.1, -0.05) is 17.7 Å². The van der Waals surface area contributed by atoms with E-state index in [2.05, 4.69) is 5.32 Å². The molecule has 1 aliphatic rings. The minimum atomic E-state index is -0.167. The van der Waals surface area contributed by atoms with E-state index in [0.717, 1.165) is 25.9 Å². The Labute approximate surface area is 106 Å². The summed E-state index contributed by atoms with van der Waals surface area (Å²) < 4.78 is 5.25. The number of hydrogen-bond donors (Lipinski definition) is 1. The molecule has 4 heteroatoms. The molecule has 0 saturated carbocycles. The molecule has 1 N–H and O–H groups in total. The van der Waals surface area contributed by atoms with E-state index in [-0.39, 0.29) is 5.97 Å². The molecule has 2 rings (SSSR count). The van der Waals surface area contributed by atoms with E-state index in [1.54, 1.807) is 24.3 Å². The Bertz CT molecular complexity index is 389. The minimum Gasteiger partial charge on any atom is -0.426 e. The fraction of sp³-hybridized carbons (Fsp3) is 0.462. The van der Waals surface area contributed by atoms with Gasteiger partial charge in [-0.15, -0.1) is 0 Å². The van der Waals surface area contributed by atoms with Gasteiger partial charge in [-0.25, -0.2) is 0 Å². The molecule has 0 amide bonds. The molecule has 92 valence electrons. The molecular weight excluding hydrogens is 238 g/mol. The summed E-state index contributed by atoms with van der Waals surface area (Å²) in [7, 11) is 0. The second kappa shape index (κ2) is 6.03. The van der Waals surface area contributed by atoms with E-state index >= 15 is 0 Å². The zero-order valence-corrected chi connectivity index (χ0v) is 10.4. The van der Waals surface area contributed by atoms with E-state index in [0.29, 0.717) is 23.1 Å². The molecule has 0 spiro atoms. The highest BCUT2D eigenvalue weighted by molar-refractivity contribution is 6.30. The van der Waals surface area contributed by atoms with Gasteiger partial charge in [0.2, 0.25) is 0 Å². The van der Waals surface area contributed by atoms with Crippen molar-refractivity contribution in [2.24, 2.45) is 5.92 Å². The van der Waals surface area contributed by atoms with Crippen LogP contribution in [0.5, 0.6) is 5.75 Å². The number of rotatable bonds is 3. The number of ether oxygens (including phenoxy) is 1. The number of halogens is 1. The van der Waals surface area contributed by atoms with E-state index in [4.69, 9.17) is 16.3 Å². The summed E-state index contributed by atoms with van der Waals surface area (Å²) in [4.78, 5) is 11.7. The number of piperidine rings is 1. The Kier molecular flexibility index (Phi) is 4.40. The van der Waals surface area contributed by atoms with Crippen molar-refractivity contribution in [3.63, 3.8) is 0 Å². The third kappa shape index (κ3) is 4.02. The predicted molar refractivity (Wildman–Crippen MR) is 67.3 cm³/mol. The number of hydrogen-bond acceptors (Lipinski definition) is 3. The van der Waals surface area contributed by atoms with Gasteiger partial charge in [0.1, 0.15) is 5.75 Å². The molecule has 0 aliphatic carbocycles. The summed E-state index contributed by atoms with van der Waals surface area (Å²) in [5.41, 5.74) is 0. The second-order valence-corrected chi connectivity index (χ2v) is 4.77. The first-order chi connectivity index (χ1) is 8.24. The summed E-state index contributed by atoms with van der Waals surface area (Å²) in [5, 5.41) is 3.86. The highest BCUT2D eigenvalue weighted by atomic mass is 35.5. The number of carbonyl (C=O) groups excluding carboxylic acids is 1. The maximum absolute atomic E-state index is 11.7. The summed E-state index contributed by atoms with van der Waals surface area (Å²) >= 11 is 5.82. The van der Waals surface area contributed by atoms with Gasteiger partial charge in [-0.3, -0.25) is 4.79 Å². The first-order valence-electron chi connectivity index (χ1n) is 5.91. The van der Waals surface area contributed by atoms with Crippen LogP contribution in [0, 0.1) is 5.92 Å². The van der Waals surface area contributed by atoms with Gasteiger partial charge in [-0.2, -0.15) is 0 Å². The standard InChI is InChI=1S/C13H16ClNO2/c14-11-2-1-3-12(9-11)17-13(16)8-10-4-6-15-7-5-10/h1-3,9-10,15H,4-8H2. The number of esters is 1. The highest BCUT2D eigenvalue weighted by Crippen LogP contribution is 2.20. The average Bonchev–Trinajstić information content (AvgIpc) is 2.30. The van der Waals surface area contributed by atoms with Crippen LogP contribution >= 0.6 is 11.6 Å². The highest BCUT2D eigenvalue weighted by Gasteiger charge is 2.17. The predicted octanol–water partition coefficient (Wildman–Crippen LogP) is 2.64. The van der Waals surface area contributed by atoms with E-state index in [1.807, 2.05) is 0 Å². The molecule has 1 aromatic carbocycles. The van der Waals surface area contributed by atoms with Crippen LogP contribution in [0.25, 0.3) is 0 Å². The Morgan fingerprint density at radius 3 is 2.88 bits per heavy atom. The number of carbonyl (C=O) groups is 1. The molecule has 0 bridgehead atoms. The van der Waals surface area contributed by atoms with Crippen LogP contribution in [-0.4, -0.2) is 19.1 Å². The lowest BCUT2D eigenvalue weighted by Gasteiger charge is -2.21. The van der Waals surface area contributed by atoms with Crippen LogP contribution in [0.2, 0.25) is 5.02 Å². The van der Waals surface area contributed by atoms with Crippen molar-refractivity contribution in [1.82, 2.24) is 5.32 Å². The monoisotopic (exact) mass is 253 g/mol. The van der Waals surface area contributed by atoms with Gasteiger partial charge in [-0.05, 0) is 50.0 Å². The van der Waals surface area contributed by atoms with Crippen LogP contribution in [-0.2, 0) is 4.79 Å². The van der Waals surface area contributed by atoms with Crippen LogP contribution in [0.3, 0.4) is 0 Å². The molecule has 1 saturated heterocycles. The van der Waals surface area contributed by atoms with Crippen LogP contribution in [0.1, 0.15) is 19.3 Å². The normalized spacial score (nSPS) is 16.8. The minimum absolute atomic E-state index is 0.167. The molecule has 1 aromatic rings. The summed E-state index contributed by atoms with van der Waals surface area (Å²) in [6, 6.07) is 6.93. The van der Waals surface area contributed by atoms with Crippen molar-refractivity contribution in [1.29, 1.82) is 0 Å². The van der Waals surface area contributed by atoms with Gasteiger partial charge in [0.15, 0.2) is 0 Å². The van der Waals surface area contributed by atoms with Gasteiger partial charge >= 0.3 is 5.97 Å². The maximum Gasteiger partial charge on any atom is 0.311 e. The van der Waals surface area contributed by atoms with Crippen LogP contribution in [0.4, 0.5) is 0 Å². The van der Waals surface area contributed by atoms with Crippen LogP contribution in [0.15, 0.2) is 24.3 Å². The fourth-order valence-electron chi connectivity index (χ4n) is 2.03. The lowest BCUT2D eigenvalue weighted by Crippen LogP contribution is -2.29. The van der Waals surface area contributed by atoms with Gasteiger partial charge in [0.05, 0.1) is 0 Å². The first-order valence-corrected chi connectivity index (χ1v) is 6.29. The topological polar surface area (TPSA) is 38.3 Å². The molecule has 0 radical (unpaired) electrons. The quantitative estimate of drug-likeness (QED) is 0.665. The molecule has 1 heterocycles. The van der Waals surface area contributed by atoms with Crippen molar-refractivity contribution in [2.45, 2.75) is 19.3 Å². The molecule has 0 unspecified atom stereocenters. The molecule has 3 nitrogen and oxygen atoms in total.